The molecule has 102 valence electrons. The molecule has 3 rings (SSSR count). The first kappa shape index (κ1) is 15.4. The highest BCUT2D eigenvalue weighted by molar-refractivity contribution is 7.97. The van der Waals surface area contributed by atoms with E-state index in [0.717, 1.165) is 23.7 Å². The third-order valence-electron chi connectivity index (χ3n) is 4.85. The van der Waals surface area contributed by atoms with Gasteiger partial charge < -0.3 is 0 Å². The second-order valence-corrected chi connectivity index (χ2v) is 7.46. The SMILES string of the molecule is CC.CC1(C)CC2C3CCC(C3)C2C1.CSC. The molecule has 0 aromatic heterocycles. The van der Waals surface area contributed by atoms with Crippen molar-refractivity contribution < 1.29 is 0 Å². The molecule has 2 bridgehead atoms. The van der Waals surface area contributed by atoms with Gasteiger partial charge in [0.1, 0.15) is 0 Å². The summed E-state index contributed by atoms with van der Waals surface area (Å²) in [6, 6.07) is 0. The molecule has 3 aliphatic carbocycles. The van der Waals surface area contributed by atoms with Crippen molar-refractivity contribution in [2.24, 2.45) is 29.1 Å². The molecule has 0 aliphatic heterocycles. The minimum Gasteiger partial charge on any atom is -0.169 e. The minimum absolute atomic E-state index is 0.691. The highest BCUT2D eigenvalue weighted by Gasteiger charge is 2.53. The smallest absolute Gasteiger partial charge is 0.0187 e. The molecular weight excluding hydrogens is 224 g/mol. The lowest BCUT2D eigenvalue weighted by molar-refractivity contribution is 0.259. The van der Waals surface area contributed by atoms with Crippen LogP contribution in [0.3, 0.4) is 0 Å². The van der Waals surface area contributed by atoms with Crippen LogP contribution in [0.1, 0.15) is 59.8 Å². The lowest BCUT2D eigenvalue weighted by atomic mass is 9.82. The molecule has 0 aromatic rings. The zero-order valence-electron chi connectivity index (χ0n) is 12.8. The first-order valence-electron chi connectivity index (χ1n) is 7.47. The molecule has 0 heterocycles. The molecule has 0 nitrogen and oxygen atoms in total. The van der Waals surface area contributed by atoms with Gasteiger partial charge in [-0.15, -0.1) is 0 Å². The van der Waals surface area contributed by atoms with Crippen LogP contribution in [-0.4, -0.2) is 12.5 Å². The second-order valence-electron chi connectivity index (χ2n) is 6.64. The summed E-state index contributed by atoms with van der Waals surface area (Å²) in [4.78, 5) is 0. The first-order chi connectivity index (χ1) is 8.07. The first-order valence-corrected chi connectivity index (χ1v) is 9.11. The predicted octanol–water partition coefficient (Wildman–Crippen LogP) is 5.47. The number of rotatable bonds is 0. The topological polar surface area (TPSA) is 0 Å². The maximum atomic E-state index is 2.48. The van der Waals surface area contributed by atoms with E-state index in [0.29, 0.717) is 5.41 Å². The molecule has 17 heavy (non-hydrogen) atoms. The van der Waals surface area contributed by atoms with Crippen LogP contribution in [0.5, 0.6) is 0 Å². The van der Waals surface area contributed by atoms with Crippen LogP contribution in [-0.2, 0) is 0 Å². The Labute approximate surface area is 113 Å². The summed E-state index contributed by atoms with van der Waals surface area (Å²) in [5.41, 5.74) is 0.691. The van der Waals surface area contributed by atoms with Crippen LogP contribution < -0.4 is 0 Å². The van der Waals surface area contributed by atoms with Gasteiger partial charge in [-0.1, -0.05) is 27.7 Å². The van der Waals surface area contributed by atoms with Gasteiger partial charge in [0.25, 0.3) is 0 Å². The van der Waals surface area contributed by atoms with E-state index < -0.39 is 0 Å². The van der Waals surface area contributed by atoms with Gasteiger partial charge in [-0.25, -0.2) is 0 Å². The van der Waals surface area contributed by atoms with Crippen LogP contribution in [0, 0.1) is 29.1 Å². The summed E-state index contributed by atoms with van der Waals surface area (Å²) in [5.74, 6) is 4.61. The summed E-state index contributed by atoms with van der Waals surface area (Å²) < 4.78 is 0. The second kappa shape index (κ2) is 6.50. The number of thioether (sulfide) groups is 1. The van der Waals surface area contributed by atoms with E-state index in [1.54, 1.807) is 43.9 Å². The Hall–Kier alpha value is 0.350. The molecule has 4 atom stereocenters. The minimum atomic E-state index is 0.691. The lowest BCUT2D eigenvalue weighted by Gasteiger charge is -2.23. The van der Waals surface area contributed by atoms with Gasteiger partial charge in [-0.3, -0.25) is 0 Å². The maximum absolute atomic E-state index is 2.48. The molecule has 0 aromatic carbocycles. The largest absolute Gasteiger partial charge is 0.169 e. The van der Waals surface area contributed by atoms with E-state index in [4.69, 9.17) is 0 Å². The van der Waals surface area contributed by atoms with E-state index in [1.807, 2.05) is 26.4 Å². The summed E-state index contributed by atoms with van der Waals surface area (Å²) >= 11 is 1.75. The van der Waals surface area contributed by atoms with Crippen molar-refractivity contribution >= 4 is 11.8 Å². The van der Waals surface area contributed by atoms with Crippen LogP contribution in [0.25, 0.3) is 0 Å². The number of fused-ring (bicyclic) bond motifs is 5. The summed E-state index contributed by atoms with van der Waals surface area (Å²) in [6.45, 7) is 8.95. The van der Waals surface area contributed by atoms with E-state index in [-0.39, 0.29) is 0 Å². The maximum Gasteiger partial charge on any atom is -0.0187 e. The molecule has 0 saturated heterocycles. The fourth-order valence-electron chi connectivity index (χ4n) is 4.53. The molecule has 3 saturated carbocycles. The highest BCUT2D eigenvalue weighted by atomic mass is 32.2. The van der Waals surface area contributed by atoms with Gasteiger partial charge in [-0.05, 0) is 73.7 Å². The van der Waals surface area contributed by atoms with Crippen molar-refractivity contribution in [1.82, 2.24) is 0 Å². The fourth-order valence-corrected chi connectivity index (χ4v) is 4.53. The average molecular weight is 256 g/mol. The number of hydrogen-bond donors (Lipinski definition) is 0. The quantitative estimate of drug-likeness (QED) is 0.553. The molecular formula is C16H32S. The van der Waals surface area contributed by atoms with E-state index >= 15 is 0 Å². The Kier molecular flexibility index (Phi) is 5.89. The van der Waals surface area contributed by atoms with Crippen LogP contribution in [0.15, 0.2) is 0 Å². The van der Waals surface area contributed by atoms with Gasteiger partial charge in [0, 0.05) is 0 Å². The van der Waals surface area contributed by atoms with Crippen molar-refractivity contribution in [2.45, 2.75) is 59.8 Å². The van der Waals surface area contributed by atoms with Gasteiger partial charge in [0.2, 0.25) is 0 Å². The fraction of sp³-hybridized carbons (Fsp3) is 1.00. The summed E-state index contributed by atoms with van der Waals surface area (Å²) in [7, 11) is 0. The Morgan fingerprint density at radius 1 is 0.882 bits per heavy atom. The van der Waals surface area contributed by atoms with Gasteiger partial charge in [0.15, 0.2) is 0 Å². The van der Waals surface area contributed by atoms with Crippen LogP contribution >= 0.6 is 11.8 Å². The van der Waals surface area contributed by atoms with E-state index in [9.17, 15) is 0 Å². The molecule has 0 N–H and O–H groups in total. The summed E-state index contributed by atoms with van der Waals surface area (Å²) in [6.07, 6.45) is 11.9. The molecule has 3 fully saturated rings. The van der Waals surface area contributed by atoms with Crippen molar-refractivity contribution in [3.8, 4) is 0 Å². The van der Waals surface area contributed by atoms with E-state index in [2.05, 4.69) is 13.8 Å². The van der Waals surface area contributed by atoms with Crippen molar-refractivity contribution in [3.63, 3.8) is 0 Å². The predicted molar refractivity (Wildman–Crippen MR) is 81.6 cm³/mol. The van der Waals surface area contributed by atoms with Crippen molar-refractivity contribution in [2.75, 3.05) is 12.5 Å². The Balaban J connectivity index is 0.000000256. The van der Waals surface area contributed by atoms with Gasteiger partial charge in [-0.2, -0.15) is 11.8 Å². The highest BCUT2D eigenvalue weighted by Crippen LogP contribution is 2.62. The monoisotopic (exact) mass is 256 g/mol. The zero-order valence-corrected chi connectivity index (χ0v) is 13.6. The molecule has 0 spiro atoms. The lowest BCUT2D eigenvalue weighted by Crippen LogP contribution is -2.15. The number of hydrogen-bond acceptors (Lipinski definition) is 1. The molecule has 0 radical (unpaired) electrons. The zero-order chi connectivity index (χ0) is 13.1. The average Bonchev–Trinajstić information content (AvgIpc) is 2.91. The van der Waals surface area contributed by atoms with Crippen LogP contribution in [0.2, 0.25) is 0 Å². The summed E-state index contributed by atoms with van der Waals surface area (Å²) in [5, 5.41) is 0. The Bertz CT molecular complexity index is 202. The normalized spacial score (nSPS) is 39.9. The Morgan fingerprint density at radius 2 is 1.24 bits per heavy atom. The van der Waals surface area contributed by atoms with Gasteiger partial charge in [0.05, 0.1) is 0 Å². The molecule has 4 unspecified atom stereocenters. The van der Waals surface area contributed by atoms with Crippen LogP contribution in [0.4, 0.5) is 0 Å². The molecule has 0 amide bonds. The van der Waals surface area contributed by atoms with Crippen molar-refractivity contribution in [3.05, 3.63) is 0 Å². The molecule has 1 heteroatoms. The van der Waals surface area contributed by atoms with E-state index in [1.165, 1.54) is 0 Å². The third-order valence-corrected chi connectivity index (χ3v) is 4.85. The third kappa shape index (κ3) is 3.43. The van der Waals surface area contributed by atoms with Gasteiger partial charge >= 0.3 is 0 Å². The molecule has 3 aliphatic rings. The standard InChI is InChI=1S/C12H20.C2H6S.C2H6/c1-12(2)6-10-8-3-4-9(5-8)11(10)7-12;1-3-2;1-2/h8-11H,3-7H2,1-2H3;1-2H3;1-2H3. The van der Waals surface area contributed by atoms with Crippen molar-refractivity contribution in [1.29, 1.82) is 0 Å². The Morgan fingerprint density at radius 3 is 1.59 bits per heavy atom.